The lowest BCUT2D eigenvalue weighted by molar-refractivity contribution is 0.483. The predicted molar refractivity (Wildman–Crippen MR) is 102 cm³/mol. The SMILES string of the molecule is CCCCCCCCCCCCCN.O=S(=O)(O)c1ccccc1. The van der Waals surface area contributed by atoms with E-state index < -0.39 is 10.1 Å². The lowest BCUT2D eigenvalue weighted by Gasteiger charge is -2.01. The lowest BCUT2D eigenvalue weighted by Crippen LogP contribution is -1.97. The smallest absolute Gasteiger partial charge is 0.294 e. The third kappa shape index (κ3) is 14.7. The Morgan fingerprint density at radius 3 is 1.54 bits per heavy atom. The average Bonchev–Trinajstić information content (AvgIpc) is 2.57. The molecule has 0 bridgehead atoms. The molecule has 0 saturated carbocycles. The molecule has 4 nitrogen and oxygen atoms in total. The van der Waals surface area contributed by atoms with E-state index in [4.69, 9.17) is 10.3 Å². The molecule has 0 amide bonds. The topological polar surface area (TPSA) is 80.4 Å². The Morgan fingerprint density at radius 2 is 1.21 bits per heavy atom. The fraction of sp³-hybridized carbons (Fsp3) is 0.684. The number of hydrogen-bond donors (Lipinski definition) is 2. The van der Waals surface area contributed by atoms with Crippen molar-refractivity contribution in [2.24, 2.45) is 5.73 Å². The van der Waals surface area contributed by atoms with E-state index in [1.165, 1.54) is 82.8 Å². The molecule has 1 rings (SSSR count). The van der Waals surface area contributed by atoms with Crippen LogP contribution in [-0.2, 0) is 10.1 Å². The molecule has 140 valence electrons. The second-order valence-electron chi connectivity index (χ2n) is 6.11. The predicted octanol–water partition coefficient (Wildman–Crippen LogP) is 5.19. The summed E-state index contributed by atoms with van der Waals surface area (Å²) in [5.74, 6) is 0. The van der Waals surface area contributed by atoms with Gasteiger partial charge in [-0.1, -0.05) is 89.3 Å². The zero-order chi connectivity index (χ0) is 18.1. The molecule has 24 heavy (non-hydrogen) atoms. The third-order valence-electron chi connectivity index (χ3n) is 3.85. The van der Waals surface area contributed by atoms with Gasteiger partial charge in [-0.05, 0) is 25.1 Å². The van der Waals surface area contributed by atoms with Gasteiger partial charge in [-0.3, -0.25) is 4.55 Å². The summed E-state index contributed by atoms with van der Waals surface area (Å²) >= 11 is 0. The van der Waals surface area contributed by atoms with E-state index in [1.54, 1.807) is 18.2 Å². The number of rotatable bonds is 12. The molecule has 0 saturated heterocycles. The summed E-state index contributed by atoms with van der Waals surface area (Å²) in [6, 6.07) is 7.42. The summed E-state index contributed by atoms with van der Waals surface area (Å²) < 4.78 is 29.2. The van der Waals surface area contributed by atoms with Crippen LogP contribution < -0.4 is 5.73 Å². The molecule has 0 atom stereocenters. The van der Waals surface area contributed by atoms with Gasteiger partial charge in [0.1, 0.15) is 0 Å². The Balaban J connectivity index is 0.000000463. The molecule has 0 heterocycles. The zero-order valence-corrected chi connectivity index (χ0v) is 15.9. The van der Waals surface area contributed by atoms with Crippen molar-refractivity contribution in [3.63, 3.8) is 0 Å². The van der Waals surface area contributed by atoms with Gasteiger partial charge in [0.05, 0.1) is 4.90 Å². The lowest BCUT2D eigenvalue weighted by atomic mass is 10.1. The van der Waals surface area contributed by atoms with Crippen LogP contribution in [0.15, 0.2) is 35.2 Å². The minimum atomic E-state index is -4.00. The molecule has 0 aliphatic carbocycles. The van der Waals surface area contributed by atoms with Gasteiger partial charge in [-0.15, -0.1) is 0 Å². The standard InChI is InChI=1S/C13H29N.C6H6O3S/c1-2-3-4-5-6-7-8-9-10-11-12-13-14;7-10(8,9)6-4-2-1-3-5-6/h2-14H2,1H3;1-5H,(H,7,8,9). The summed E-state index contributed by atoms with van der Waals surface area (Å²) in [5, 5.41) is 0. The number of hydrogen-bond acceptors (Lipinski definition) is 3. The van der Waals surface area contributed by atoms with Gasteiger partial charge in [-0.2, -0.15) is 8.42 Å². The Labute approximate surface area is 148 Å². The van der Waals surface area contributed by atoms with Crippen molar-refractivity contribution < 1.29 is 13.0 Å². The van der Waals surface area contributed by atoms with Crippen LogP contribution in [0.2, 0.25) is 0 Å². The maximum absolute atomic E-state index is 10.4. The van der Waals surface area contributed by atoms with E-state index >= 15 is 0 Å². The van der Waals surface area contributed by atoms with Crippen molar-refractivity contribution in [1.29, 1.82) is 0 Å². The highest BCUT2D eigenvalue weighted by atomic mass is 32.2. The summed E-state index contributed by atoms with van der Waals surface area (Å²) in [5.41, 5.74) is 5.44. The van der Waals surface area contributed by atoms with Crippen LogP contribution in [0, 0.1) is 0 Å². The first-order valence-corrected chi connectivity index (χ1v) is 10.7. The van der Waals surface area contributed by atoms with E-state index in [-0.39, 0.29) is 4.90 Å². The van der Waals surface area contributed by atoms with Crippen molar-refractivity contribution in [2.75, 3.05) is 6.54 Å². The first-order chi connectivity index (χ1) is 11.5. The maximum Gasteiger partial charge on any atom is 0.294 e. The molecular formula is C19H35NO3S. The van der Waals surface area contributed by atoms with Crippen LogP contribution in [0.4, 0.5) is 0 Å². The molecule has 0 spiro atoms. The van der Waals surface area contributed by atoms with Gasteiger partial charge in [-0.25, -0.2) is 0 Å². The first-order valence-electron chi connectivity index (χ1n) is 9.25. The summed E-state index contributed by atoms with van der Waals surface area (Å²) in [7, 11) is -4.00. The second-order valence-corrected chi connectivity index (χ2v) is 7.53. The molecule has 3 N–H and O–H groups in total. The quantitative estimate of drug-likeness (QED) is 0.398. The largest absolute Gasteiger partial charge is 0.330 e. The van der Waals surface area contributed by atoms with Gasteiger partial charge in [0.15, 0.2) is 0 Å². The van der Waals surface area contributed by atoms with Crippen LogP contribution in [0.3, 0.4) is 0 Å². The Bertz CT molecular complexity index is 463. The Kier molecular flexibility index (Phi) is 15.0. The molecule has 1 aromatic rings. The molecule has 0 unspecified atom stereocenters. The fourth-order valence-corrected chi connectivity index (χ4v) is 2.90. The minimum absolute atomic E-state index is 0.0741. The van der Waals surface area contributed by atoms with Crippen LogP contribution >= 0.6 is 0 Å². The van der Waals surface area contributed by atoms with Crippen LogP contribution in [0.1, 0.15) is 77.6 Å². The van der Waals surface area contributed by atoms with Crippen LogP contribution in [0.25, 0.3) is 0 Å². The Morgan fingerprint density at radius 1 is 0.792 bits per heavy atom. The maximum atomic E-state index is 10.4. The van der Waals surface area contributed by atoms with Crippen LogP contribution in [0.5, 0.6) is 0 Å². The number of unbranched alkanes of at least 4 members (excludes halogenated alkanes) is 10. The first kappa shape index (κ1) is 23.1. The van der Waals surface area contributed by atoms with Crippen LogP contribution in [-0.4, -0.2) is 19.5 Å². The second kappa shape index (κ2) is 15.6. The average molecular weight is 358 g/mol. The molecule has 5 heteroatoms. The highest BCUT2D eigenvalue weighted by Gasteiger charge is 2.05. The summed E-state index contributed by atoms with van der Waals surface area (Å²) in [6.07, 6.45) is 15.4. The van der Waals surface area contributed by atoms with E-state index in [0.717, 1.165) is 6.54 Å². The van der Waals surface area contributed by atoms with Crippen molar-refractivity contribution in [3.05, 3.63) is 30.3 Å². The molecule has 0 radical (unpaired) electrons. The van der Waals surface area contributed by atoms with Gasteiger partial charge < -0.3 is 5.73 Å². The van der Waals surface area contributed by atoms with E-state index in [0.29, 0.717) is 0 Å². The van der Waals surface area contributed by atoms with Crippen molar-refractivity contribution >= 4 is 10.1 Å². The van der Waals surface area contributed by atoms with E-state index in [1.807, 2.05) is 0 Å². The Hall–Kier alpha value is -0.910. The van der Waals surface area contributed by atoms with Crippen molar-refractivity contribution in [2.45, 2.75) is 82.4 Å². The molecule has 0 aliphatic rings. The molecular weight excluding hydrogens is 322 g/mol. The zero-order valence-electron chi connectivity index (χ0n) is 15.1. The van der Waals surface area contributed by atoms with Gasteiger partial charge in [0, 0.05) is 0 Å². The molecule has 0 fully saturated rings. The third-order valence-corrected chi connectivity index (χ3v) is 4.72. The van der Waals surface area contributed by atoms with E-state index in [9.17, 15) is 8.42 Å². The van der Waals surface area contributed by atoms with Gasteiger partial charge in [0.25, 0.3) is 10.1 Å². The van der Waals surface area contributed by atoms with Crippen molar-refractivity contribution in [1.82, 2.24) is 0 Å². The summed E-state index contributed by atoms with van der Waals surface area (Å²) in [4.78, 5) is -0.0741. The van der Waals surface area contributed by atoms with Crippen molar-refractivity contribution in [3.8, 4) is 0 Å². The van der Waals surface area contributed by atoms with Gasteiger partial charge >= 0.3 is 0 Å². The number of nitrogens with two attached hydrogens (primary N) is 1. The minimum Gasteiger partial charge on any atom is -0.330 e. The highest BCUT2D eigenvalue weighted by molar-refractivity contribution is 7.85. The molecule has 1 aromatic carbocycles. The fourth-order valence-electron chi connectivity index (χ4n) is 2.40. The summed E-state index contributed by atoms with van der Waals surface area (Å²) in [6.45, 7) is 3.15. The molecule has 0 aliphatic heterocycles. The van der Waals surface area contributed by atoms with Gasteiger partial charge in [0.2, 0.25) is 0 Å². The van der Waals surface area contributed by atoms with E-state index in [2.05, 4.69) is 6.92 Å². The normalized spacial score (nSPS) is 11.0. The monoisotopic (exact) mass is 357 g/mol. The molecule has 0 aromatic heterocycles. The number of benzene rings is 1. The highest BCUT2D eigenvalue weighted by Crippen LogP contribution is 2.10.